The fourth-order valence-electron chi connectivity index (χ4n) is 3.35. The van der Waals surface area contributed by atoms with Crippen LogP contribution in [0.3, 0.4) is 0 Å². The number of anilines is 1. The van der Waals surface area contributed by atoms with E-state index in [1.165, 1.54) is 18.2 Å². The van der Waals surface area contributed by atoms with E-state index >= 15 is 0 Å². The molecule has 1 N–H and O–H groups in total. The number of rotatable bonds is 7. The maximum Gasteiger partial charge on any atom is 0.227 e. The van der Waals surface area contributed by atoms with Gasteiger partial charge in [-0.15, -0.1) is 11.8 Å². The maximum atomic E-state index is 12.4. The Morgan fingerprint density at radius 1 is 1.04 bits per heavy atom. The first-order valence-electron chi connectivity index (χ1n) is 9.37. The summed E-state index contributed by atoms with van der Waals surface area (Å²) in [5.41, 5.74) is 1.41. The molecule has 0 saturated heterocycles. The van der Waals surface area contributed by atoms with E-state index in [0.29, 0.717) is 17.1 Å². The van der Waals surface area contributed by atoms with E-state index in [-0.39, 0.29) is 17.6 Å². The van der Waals surface area contributed by atoms with Gasteiger partial charge in [-0.3, -0.25) is 9.59 Å². The molecule has 1 aliphatic rings. The lowest BCUT2D eigenvalue weighted by Crippen LogP contribution is -2.24. The predicted molar refractivity (Wildman–Crippen MR) is 110 cm³/mol. The summed E-state index contributed by atoms with van der Waals surface area (Å²) >= 11 is 1.48. The first-order valence-corrected chi connectivity index (χ1v) is 10.4. The zero-order chi connectivity index (χ0) is 19.1. The normalized spacial score (nSPS) is 14.6. The molecule has 0 atom stereocenters. The molecule has 0 unspecified atom stereocenters. The number of thioether (sulfide) groups is 1. The Bertz CT molecular complexity index is 782. The van der Waals surface area contributed by atoms with Crippen molar-refractivity contribution in [3.8, 4) is 5.75 Å². The Labute approximate surface area is 164 Å². The summed E-state index contributed by atoms with van der Waals surface area (Å²) in [4.78, 5) is 25.7. The van der Waals surface area contributed by atoms with Gasteiger partial charge in [-0.05, 0) is 49.2 Å². The van der Waals surface area contributed by atoms with E-state index < -0.39 is 0 Å². The van der Waals surface area contributed by atoms with Crippen molar-refractivity contribution in [2.45, 2.75) is 37.0 Å². The second-order valence-electron chi connectivity index (χ2n) is 6.76. The number of carbonyl (C=O) groups is 2. The smallest absolute Gasteiger partial charge is 0.227 e. The molecular formula is C22H25NO3S. The summed E-state index contributed by atoms with van der Waals surface area (Å²) < 4.78 is 5.25. The molecule has 27 heavy (non-hydrogen) atoms. The largest absolute Gasteiger partial charge is 0.496 e. The number of hydrogen-bond donors (Lipinski definition) is 1. The van der Waals surface area contributed by atoms with E-state index in [9.17, 15) is 9.59 Å². The second-order valence-corrected chi connectivity index (χ2v) is 7.81. The molecule has 2 aromatic rings. The van der Waals surface area contributed by atoms with Gasteiger partial charge in [0.2, 0.25) is 5.91 Å². The minimum atomic E-state index is 0.0344. The summed E-state index contributed by atoms with van der Waals surface area (Å²) in [5.74, 6) is 1.25. The molecule has 1 saturated carbocycles. The van der Waals surface area contributed by atoms with Crippen molar-refractivity contribution in [3.05, 3.63) is 54.1 Å². The molecule has 0 heterocycles. The quantitative estimate of drug-likeness (QED) is 0.528. The number of nitrogens with one attached hydrogen (secondary N) is 1. The third-order valence-corrected chi connectivity index (χ3v) is 5.89. The Kier molecular flexibility index (Phi) is 6.93. The topological polar surface area (TPSA) is 55.4 Å². The van der Waals surface area contributed by atoms with Crippen molar-refractivity contribution in [2.24, 2.45) is 5.92 Å². The summed E-state index contributed by atoms with van der Waals surface area (Å²) in [6, 6.07) is 14.9. The molecule has 1 fully saturated rings. The van der Waals surface area contributed by atoms with Gasteiger partial charge in [-0.1, -0.05) is 31.4 Å². The van der Waals surface area contributed by atoms with Gasteiger partial charge in [0.15, 0.2) is 5.78 Å². The fraction of sp³-hybridized carbons (Fsp3) is 0.364. The van der Waals surface area contributed by atoms with Crippen LogP contribution in [0.15, 0.2) is 53.4 Å². The maximum absolute atomic E-state index is 12.4. The lowest BCUT2D eigenvalue weighted by atomic mass is 9.88. The standard InChI is InChI=1S/C22H25NO3S/c1-26-21-10-6-5-9-19(21)20(24)15-27-18-13-11-17(12-14-18)23-22(25)16-7-3-2-4-8-16/h5-6,9-14,16H,2-4,7-8,15H2,1H3,(H,23,25). The number of benzene rings is 2. The Morgan fingerprint density at radius 3 is 2.44 bits per heavy atom. The minimum absolute atomic E-state index is 0.0344. The summed E-state index contributed by atoms with van der Waals surface area (Å²) in [6.45, 7) is 0. The average Bonchev–Trinajstić information content (AvgIpc) is 2.73. The van der Waals surface area contributed by atoms with Gasteiger partial charge in [0.1, 0.15) is 5.75 Å². The fourth-order valence-corrected chi connectivity index (χ4v) is 4.13. The molecule has 0 aliphatic heterocycles. The van der Waals surface area contributed by atoms with E-state index in [4.69, 9.17) is 4.74 Å². The first kappa shape index (κ1) is 19.5. The molecule has 142 valence electrons. The molecule has 3 rings (SSSR count). The van der Waals surface area contributed by atoms with Gasteiger partial charge >= 0.3 is 0 Å². The van der Waals surface area contributed by atoms with Crippen LogP contribution in [0, 0.1) is 5.92 Å². The van der Waals surface area contributed by atoms with Crippen molar-refractivity contribution in [1.82, 2.24) is 0 Å². The SMILES string of the molecule is COc1ccccc1C(=O)CSc1ccc(NC(=O)C2CCCCC2)cc1. The van der Waals surface area contributed by atoms with Crippen LogP contribution in [0.4, 0.5) is 5.69 Å². The molecule has 1 amide bonds. The molecular weight excluding hydrogens is 358 g/mol. The van der Waals surface area contributed by atoms with Crippen LogP contribution < -0.4 is 10.1 Å². The van der Waals surface area contributed by atoms with Crippen molar-refractivity contribution in [2.75, 3.05) is 18.2 Å². The van der Waals surface area contributed by atoms with Crippen molar-refractivity contribution in [1.29, 1.82) is 0 Å². The second kappa shape index (κ2) is 9.60. The molecule has 0 aromatic heterocycles. The van der Waals surface area contributed by atoms with E-state index in [1.54, 1.807) is 19.2 Å². The summed E-state index contributed by atoms with van der Waals surface area (Å²) in [6.07, 6.45) is 5.51. The van der Waals surface area contributed by atoms with Gasteiger partial charge in [0, 0.05) is 16.5 Å². The number of ether oxygens (including phenoxy) is 1. The number of hydrogen-bond acceptors (Lipinski definition) is 4. The van der Waals surface area contributed by atoms with Gasteiger partial charge in [-0.2, -0.15) is 0 Å². The molecule has 5 heteroatoms. The number of ketones is 1. The summed E-state index contributed by atoms with van der Waals surface area (Å²) in [5, 5.41) is 3.01. The van der Waals surface area contributed by atoms with Crippen molar-refractivity contribution >= 4 is 29.1 Å². The lowest BCUT2D eigenvalue weighted by molar-refractivity contribution is -0.120. The van der Waals surface area contributed by atoms with Crippen molar-refractivity contribution < 1.29 is 14.3 Å². The monoisotopic (exact) mass is 383 g/mol. The zero-order valence-electron chi connectivity index (χ0n) is 15.6. The van der Waals surface area contributed by atoms with Gasteiger partial charge in [0.05, 0.1) is 18.4 Å². The molecule has 1 aliphatic carbocycles. The van der Waals surface area contributed by atoms with Gasteiger partial charge < -0.3 is 10.1 Å². The van der Waals surface area contributed by atoms with Crippen molar-refractivity contribution in [3.63, 3.8) is 0 Å². The zero-order valence-corrected chi connectivity index (χ0v) is 16.4. The molecule has 2 aromatic carbocycles. The summed E-state index contributed by atoms with van der Waals surface area (Å²) in [7, 11) is 1.57. The molecule has 0 radical (unpaired) electrons. The van der Waals surface area contributed by atoms with Crippen LogP contribution in [0.25, 0.3) is 0 Å². The van der Waals surface area contributed by atoms with Crippen LogP contribution in [0.2, 0.25) is 0 Å². The molecule has 4 nitrogen and oxygen atoms in total. The number of methoxy groups -OCH3 is 1. The highest BCUT2D eigenvalue weighted by atomic mass is 32.2. The average molecular weight is 384 g/mol. The third-order valence-electron chi connectivity index (χ3n) is 4.88. The third kappa shape index (κ3) is 5.36. The Morgan fingerprint density at radius 2 is 1.74 bits per heavy atom. The Hall–Kier alpha value is -2.27. The number of amides is 1. The highest BCUT2D eigenvalue weighted by Gasteiger charge is 2.21. The minimum Gasteiger partial charge on any atom is -0.496 e. The molecule has 0 spiro atoms. The van der Waals surface area contributed by atoms with Crippen LogP contribution in [0.1, 0.15) is 42.5 Å². The predicted octanol–water partition coefficient (Wildman–Crippen LogP) is 5.19. The van der Waals surface area contributed by atoms with Crippen LogP contribution >= 0.6 is 11.8 Å². The first-order chi connectivity index (χ1) is 13.2. The highest BCUT2D eigenvalue weighted by Crippen LogP contribution is 2.27. The molecule has 0 bridgehead atoms. The van der Waals surface area contributed by atoms with E-state index in [1.807, 2.05) is 36.4 Å². The van der Waals surface area contributed by atoms with Gasteiger partial charge in [-0.25, -0.2) is 0 Å². The number of Topliss-reactive ketones (excluding diaryl/α,β-unsaturated/α-hetero) is 1. The van der Waals surface area contributed by atoms with Crippen LogP contribution in [-0.2, 0) is 4.79 Å². The van der Waals surface area contributed by atoms with E-state index in [2.05, 4.69) is 5.32 Å². The number of para-hydroxylation sites is 1. The van der Waals surface area contributed by atoms with E-state index in [0.717, 1.165) is 36.3 Å². The Balaban J connectivity index is 1.53. The van der Waals surface area contributed by atoms with Gasteiger partial charge in [0.25, 0.3) is 0 Å². The lowest BCUT2D eigenvalue weighted by Gasteiger charge is -2.20. The highest BCUT2D eigenvalue weighted by molar-refractivity contribution is 8.00. The number of carbonyl (C=O) groups excluding carboxylic acids is 2. The van der Waals surface area contributed by atoms with Crippen LogP contribution in [-0.4, -0.2) is 24.6 Å². The van der Waals surface area contributed by atoms with Crippen LogP contribution in [0.5, 0.6) is 5.75 Å².